The molecule has 0 bridgehead atoms. The highest BCUT2D eigenvalue weighted by Gasteiger charge is 2.36. The van der Waals surface area contributed by atoms with E-state index in [2.05, 4.69) is 5.32 Å². The summed E-state index contributed by atoms with van der Waals surface area (Å²) in [5, 5.41) is 2.97. The molecule has 136 valence electrons. The van der Waals surface area contributed by atoms with Gasteiger partial charge in [0.2, 0.25) is 5.91 Å². The number of halogens is 3. The fourth-order valence-corrected chi connectivity index (χ4v) is 3.67. The van der Waals surface area contributed by atoms with E-state index in [1.165, 1.54) is 4.90 Å². The molecule has 1 N–H and O–H groups in total. The van der Waals surface area contributed by atoms with Crippen LogP contribution in [0.15, 0.2) is 12.1 Å². The predicted molar refractivity (Wildman–Crippen MR) is 85.4 cm³/mol. The number of hydrogen-bond acceptors (Lipinski definition) is 2. The van der Waals surface area contributed by atoms with E-state index in [-0.39, 0.29) is 11.9 Å². The van der Waals surface area contributed by atoms with E-state index in [9.17, 15) is 22.8 Å². The molecule has 2 aliphatic rings. The monoisotopic (exact) mass is 354 g/mol. The Balaban J connectivity index is 1.73. The third-order valence-corrected chi connectivity index (χ3v) is 5.03. The van der Waals surface area contributed by atoms with Crippen molar-refractivity contribution in [3.63, 3.8) is 0 Å². The molecule has 0 unspecified atom stereocenters. The van der Waals surface area contributed by atoms with Gasteiger partial charge in [-0.1, -0.05) is 19.3 Å². The highest BCUT2D eigenvalue weighted by molar-refractivity contribution is 5.98. The number of nitrogens with zero attached hydrogens (tertiary/aromatic N) is 1. The Morgan fingerprint density at radius 1 is 0.960 bits per heavy atom. The molecule has 1 heterocycles. The van der Waals surface area contributed by atoms with Crippen LogP contribution in [0.25, 0.3) is 0 Å². The van der Waals surface area contributed by atoms with E-state index in [4.69, 9.17) is 0 Å². The van der Waals surface area contributed by atoms with Crippen LogP contribution < -0.4 is 5.32 Å². The number of rotatable bonds is 3. The Hall–Kier alpha value is -2.05. The Labute approximate surface area is 144 Å². The minimum absolute atomic E-state index is 0.110. The molecular weight excluding hydrogens is 333 g/mol. The summed E-state index contributed by atoms with van der Waals surface area (Å²) in [6.07, 6.45) is 6.23. The van der Waals surface area contributed by atoms with Gasteiger partial charge in [-0.05, 0) is 37.8 Å². The van der Waals surface area contributed by atoms with Crippen LogP contribution in [0.4, 0.5) is 13.2 Å². The van der Waals surface area contributed by atoms with Gasteiger partial charge in [-0.3, -0.25) is 9.59 Å². The standard InChI is InChI=1S/C18H21F3N2O2/c19-13-9-8-12(15(20)16(13)21)18(25)23-10-4-7-14(23)17(24)22-11-5-2-1-3-6-11/h8-9,11,14H,1-7,10H2,(H,22,24)/t14-/m0/s1. The summed E-state index contributed by atoms with van der Waals surface area (Å²) in [6, 6.07) is 1.06. The first-order valence-corrected chi connectivity index (χ1v) is 8.74. The molecule has 0 spiro atoms. The molecule has 0 radical (unpaired) electrons. The Kier molecular flexibility index (Phi) is 5.30. The van der Waals surface area contributed by atoms with Crippen molar-refractivity contribution < 1.29 is 22.8 Å². The van der Waals surface area contributed by atoms with Crippen molar-refractivity contribution in [1.82, 2.24) is 10.2 Å². The molecule has 1 saturated heterocycles. The maximum absolute atomic E-state index is 13.9. The molecule has 2 amide bonds. The van der Waals surface area contributed by atoms with Crippen molar-refractivity contribution >= 4 is 11.8 Å². The van der Waals surface area contributed by atoms with Gasteiger partial charge < -0.3 is 10.2 Å². The van der Waals surface area contributed by atoms with Crippen LogP contribution in [0.2, 0.25) is 0 Å². The molecular formula is C18H21F3N2O2. The van der Waals surface area contributed by atoms with Crippen molar-refractivity contribution in [3.05, 3.63) is 35.1 Å². The maximum atomic E-state index is 13.9. The third kappa shape index (κ3) is 3.65. The molecule has 2 fully saturated rings. The van der Waals surface area contributed by atoms with Gasteiger partial charge >= 0.3 is 0 Å². The number of likely N-dealkylation sites (tertiary alicyclic amines) is 1. The second kappa shape index (κ2) is 7.45. The molecule has 0 aromatic heterocycles. The second-order valence-corrected chi connectivity index (χ2v) is 6.72. The average molecular weight is 354 g/mol. The smallest absolute Gasteiger partial charge is 0.257 e. The van der Waals surface area contributed by atoms with E-state index in [1.54, 1.807) is 0 Å². The Morgan fingerprint density at radius 3 is 2.40 bits per heavy atom. The molecule has 1 aromatic carbocycles. The molecule has 1 aliphatic carbocycles. The van der Waals surface area contributed by atoms with Crippen molar-refractivity contribution in [3.8, 4) is 0 Å². The van der Waals surface area contributed by atoms with Crippen LogP contribution >= 0.6 is 0 Å². The first kappa shape index (κ1) is 17.8. The molecule has 1 atom stereocenters. The van der Waals surface area contributed by atoms with Gasteiger partial charge in [-0.15, -0.1) is 0 Å². The van der Waals surface area contributed by atoms with Crippen LogP contribution in [0.5, 0.6) is 0 Å². The minimum Gasteiger partial charge on any atom is -0.352 e. The van der Waals surface area contributed by atoms with E-state index in [0.29, 0.717) is 19.4 Å². The SMILES string of the molecule is O=C(NC1CCCCC1)[C@@H]1CCCN1C(=O)c1ccc(F)c(F)c1F. The molecule has 7 heteroatoms. The minimum atomic E-state index is -1.67. The van der Waals surface area contributed by atoms with Crippen molar-refractivity contribution in [1.29, 1.82) is 0 Å². The average Bonchev–Trinajstić information content (AvgIpc) is 3.10. The quantitative estimate of drug-likeness (QED) is 0.848. The summed E-state index contributed by atoms with van der Waals surface area (Å²) in [7, 11) is 0. The normalized spacial score (nSPS) is 21.4. The van der Waals surface area contributed by atoms with Crippen LogP contribution in [0.3, 0.4) is 0 Å². The van der Waals surface area contributed by atoms with Gasteiger partial charge in [0.1, 0.15) is 6.04 Å². The maximum Gasteiger partial charge on any atom is 0.257 e. The summed E-state index contributed by atoms with van der Waals surface area (Å²) in [6.45, 7) is 0.292. The fraction of sp³-hybridized carbons (Fsp3) is 0.556. The van der Waals surface area contributed by atoms with Crippen molar-refractivity contribution in [2.24, 2.45) is 0 Å². The summed E-state index contributed by atoms with van der Waals surface area (Å²) in [4.78, 5) is 26.3. The summed E-state index contributed by atoms with van der Waals surface area (Å²) >= 11 is 0. The molecule has 3 rings (SSSR count). The lowest BCUT2D eigenvalue weighted by molar-refractivity contribution is -0.125. The van der Waals surface area contributed by atoms with E-state index < -0.39 is 35.0 Å². The Bertz CT molecular complexity index is 675. The number of hydrogen-bond donors (Lipinski definition) is 1. The Morgan fingerprint density at radius 2 is 1.68 bits per heavy atom. The lowest BCUT2D eigenvalue weighted by atomic mass is 9.95. The van der Waals surface area contributed by atoms with E-state index >= 15 is 0 Å². The zero-order valence-electron chi connectivity index (χ0n) is 13.9. The number of benzene rings is 1. The lowest BCUT2D eigenvalue weighted by Crippen LogP contribution is -2.49. The highest BCUT2D eigenvalue weighted by atomic mass is 19.2. The summed E-state index contributed by atoms with van der Waals surface area (Å²) in [5.41, 5.74) is -0.545. The summed E-state index contributed by atoms with van der Waals surface area (Å²) in [5.74, 6) is -5.56. The number of carbonyl (C=O) groups excluding carboxylic acids is 2. The van der Waals surface area contributed by atoms with Gasteiger partial charge in [-0.25, -0.2) is 13.2 Å². The van der Waals surface area contributed by atoms with Crippen LogP contribution in [0.1, 0.15) is 55.3 Å². The molecule has 1 saturated carbocycles. The van der Waals surface area contributed by atoms with Crippen LogP contribution in [-0.2, 0) is 4.79 Å². The number of amides is 2. The molecule has 1 aromatic rings. The topological polar surface area (TPSA) is 49.4 Å². The lowest BCUT2D eigenvalue weighted by Gasteiger charge is -2.28. The van der Waals surface area contributed by atoms with Crippen molar-refractivity contribution in [2.75, 3.05) is 6.54 Å². The number of carbonyl (C=O) groups is 2. The summed E-state index contributed by atoms with van der Waals surface area (Å²) < 4.78 is 40.4. The van der Waals surface area contributed by atoms with Gasteiger partial charge in [0.25, 0.3) is 5.91 Å². The largest absolute Gasteiger partial charge is 0.352 e. The van der Waals surface area contributed by atoms with Gasteiger partial charge in [0.05, 0.1) is 5.56 Å². The highest BCUT2D eigenvalue weighted by Crippen LogP contribution is 2.24. The zero-order chi connectivity index (χ0) is 18.0. The molecule has 1 aliphatic heterocycles. The second-order valence-electron chi connectivity index (χ2n) is 6.72. The van der Waals surface area contributed by atoms with E-state index in [1.807, 2.05) is 0 Å². The molecule has 4 nitrogen and oxygen atoms in total. The fourth-order valence-electron chi connectivity index (χ4n) is 3.67. The van der Waals surface area contributed by atoms with E-state index in [0.717, 1.165) is 44.2 Å². The van der Waals surface area contributed by atoms with Gasteiger partial charge in [-0.2, -0.15) is 0 Å². The first-order valence-electron chi connectivity index (χ1n) is 8.74. The van der Waals surface area contributed by atoms with Crippen LogP contribution in [0, 0.1) is 17.5 Å². The van der Waals surface area contributed by atoms with Crippen LogP contribution in [-0.4, -0.2) is 35.3 Å². The van der Waals surface area contributed by atoms with Crippen molar-refractivity contribution in [2.45, 2.75) is 57.0 Å². The molecule has 25 heavy (non-hydrogen) atoms. The zero-order valence-corrected chi connectivity index (χ0v) is 13.9. The van der Waals surface area contributed by atoms with Gasteiger partial charge in [0, 0.05) is 12.6 Å². The first-order chi connectivity index (χ1) is 12.0. The van der Waals surface area contributed by atoms with Gasteiger partial charge in [0.15, 0.2) is 17.5 Å². The third-order valence-electron chi connectivity index (χ3n) is 5.03. The predicted octanol–water partition coefficient (Wildman–Crippen LogP) is 3.16. The number of nitrogens with one attached hydrogen (secondary N) is 1.